The van der Waals surface area contributed by atoms with Crippen molar-refractivity contribution in [2.75, 3.05) is 31.3 Å². The first-order chi connectivity index (χ1) is 8.85. The van der Waals surface area contributed by atoms with Gasteiger partial charge >= 0.3 is 0 Å². The summed E-state index contributed by atoms with van der Waals surface area (Å²) in [6.07, 6.45) is 1.23. The van der Waals surface area contributed by atoms with Crippen LogP contribution in [0.4, 0.5) is 11.4 Å². The Morgan fingerprint density at radius 3 is 2.63 bits per heavy atom. The van der Waals surface area contributed by atoms with Crippen molar-refractivity contribution >= 4 is 21.4 Å². The highest BCUT2D eigenvalue weighted by Gasteiger charge is 2.33. The smallest absolute Gasteiger partial charge is 0.240 e. The van der Waals surface area contributed by atoms with Gasteiger partial charge in [0.2, 0.25) is 10.0 Å². The van der Waals surface area contributed by atoms with Crippen LogP contribution in [-0.4, -0.2) is 29.1 Å². The van der Waals surface area contributed by atoms with E-state index in [-0.39, 0.29) is 4.90 Å². The van der Waals surface area contributed by atoms with Gasteiger partial charge in [-0.3, -0.25) is 0 Å². The van der Waals surface area contributed by atoms with E-state index < -0.39 is 10.0 Å². The van der Waals surface area contributed by atoms with Crippen LogP contribution < -0.4 is 15.4 Å². The Morgan fingerprint density at radius 1 is 1.47 bits per heavy atom. The van der Waals surface area contributed by atoms with E-state index in [9.17, 15) is 8.42 Å². The Labute approximate surface area is 114 Å². The summed E-state index contributed by atoms with van der Waals surface area (Å²) in [5, 5.41) is 0. The van der Waals surface area contributed by atoms with E-state index >= 15 is 0 Å². The van der Waals surface area contributed by atoms with Crippen molar-refractivity contribution in [3.8, 4) is 0 Å². The third kappa shape index (κ3) is 3.01. The molecule has 0 radical (unpaired) electrons. The van der Waals surface area contributed by atoms with E-state index in [0.717, 1.165) is 18.2 Å². The molecule has 0 heterocycles. The molecule has 0 aliphatic heterocycles. The first-order valence-corrected chi connectivity index (χ1v) is 7.87. The van der Waals surface area contributed by atoms with Gasteiger partial charge in [0.1, 0.15) is 0 Å². The summed E-state index contributed by atoms with van der Waals surface area (Å²) in [5.41, 5.74) is 7.33. The molecule has 6 heteroatoms. The van der Waals surface area contributed by atoms with Crippen LogP contribution in [0.25, 0.3) is 0 Å². The predicted molar refractivity (Wildman–Crippen MR) is 77.6 cm³/mol. The van der Waals surface area contributed by atoms with E-state index in [1.165, 1.54) is 19.5 Å². The lowest BCUT2D eigenvalue weighted by atomic mass is 10.2. The van der Waals surface area contributed by atoms with Crippen molar-refractivity contribution in [1.82, 2.24) is 4.72 Å². The Morgan fingerprint density at radius 2 is 2.11 bits per heavy atom. The van der Waals surface area contributed by atoms with E-state index in [1.54, 1.807) is 12.1 Å². The monoisotopic (exact) mass is 283 g/mol. The van der Waals surface area contributed by atoms with Gasteiger partial charge in [-0.25, -0.2) is 13.1 Å². The highest BCUT2D eigenvalue weighted by atomic mass is 32.2. The Hall–Kier alpha value is -1.27. The first-order valence-electron chi connectivity index (χ1n) is 6.39. The van der Waals surface area contributed by atoms with Crippen LogP contribution in [0.3, 0.4) is 0 Å². The molecule has 2 rings (SSSR count). The van der Waals surface area contributed by atoms with Crippen LogP contribution in [0.5, 0.6) is 0 Å². The molecule has 19 heavy (non-hydrogen) atoms. The fourth-order valence-corrected chi connectivity index (χ4v) is 2.99. The molecule has 2 unspecified atom stereocenters. The third-order valence-electron chi connectivity index (χ3n) is 3.78. The number of nitrogens with two attached hydrogens (primary N) is 1. The quantitative estimate of drug-likeness (QED) is 0.798. The first kappa shape index (κ1) is 14.1. The van der Waals surface area contributed by atoms with E-state index in [4.69, 9.17) is 5.73 Å². The molecule has 0 amide bonds. The number of hydrogen-bond donors (Lipinski definition) is 2. The summed E-state index contributed by atoms with van der Waals surface area (Å²) < 4.78 is 25.9. The number of anilines is 2. The zero-order valence-corrected chi connectivity index (χ0v) is 12.4. The summed E-state index contributed by atoms with van der Waals surface area (Å²) in [4.78, 5) is 2.29. The van der Waals surface area contributed by atoms with Gasteiger partial charge < -0.3 is 10.6 Å². The van der Waals surface area contributed by atoms with E-state index in [1.807, 2.05) is 11.9 Å². The van der Waals surface area contributed by atoms with Crippen molar-refractivity contribution in [2.24, 2.45) is 11.8 Å². The summed E-state index contributed by atoms with van der Waals surface area (Å²) in [6.45, 7) is 3.14. The average molecular weight is 283 g/mol. The SMILES string of the molecule is CNS(=O)(=O)c1ccc(N)c(N(C)CC2CC2C)c1. The van der Waals surface area contributed by atoms with Crippen molar-refractivity contribution in [1.29, 1.82) is 0 Å². The number of nitrogens with one attached hydrogen (secondary N) is 1. The third-order valence-corrected chi connectivity index (χ3v) is 5.19. The topological polar surface area (TPSA) is 75.4 Å². The number of benzene rings is 1. The van der Waals surface area contributed by atoms with Crippen LogP contribution in [0.1, 0.15) is 13.3 Å². The molecule has 106 valence electrons. The second-order valence-electron chi connectivity index (χ2n) is 5.28. The van der Waals surface area contributed by atoms with Crippen LogP contribution in [0.2, 0.25) is 0 Å². The average Bonchev–Trinajstić information content (AvgIpc) is 3.05. The van der Waals surface area contributed by atoms with E-state index in [0.29, 0.717) is 11.6 Å². The molecule has 5 nitrogen and oxygen atoms in total. The molecule has 1 saturated carbocycles. The Kier molecular flexibility index (Phi) is 3.73. The molecule has 0 saturated heterocycles. The fourth-order valence-electron chi connectivity index (χ4n) is 2.24. The van der Waals surface area contributed by atoms with Gasteiger partial charge in [-0.15, -0.1) is 0 Å². The standard InChI is InChI=1S/C13H21N3O2S/c1-9-6-10(9)8-16(3)13-7-11(4-5-12(13)14)19(17,18)15-2/h4-5,7,9-10,15H,6,8,14H2,1-3H3. The van der Waals surface area contributed by atoms with Crippen LogP contribution in [0, 0.1) is 11.8 Å². The molecule has 3 N–H and O–H groups in total. The zero-order chi connectivity index (χ0) is 14.2. The molecular formula is C13H21N3O2S. The molecule has 2 atom stereocenters. The minimum atomic E-state index is -3.43. The molecule has 1 fully saturated rings. The zero-order valence-electron chi connectivity index (χ0n) is 11.6. The second-order valence-corrected chi connectivity index (χ2v) is 7.17. The Bertz CT molecular complexity index is 571. The number of rotatable bonds is 5. The van der Waals surface area contributed by atoms with Gasteiger partial charge in [0.25, 0.3) is 0 Å². The minimum absolute atomic E-state index is 0.245. The molecule has 0 bridgehead atoms. The minimum Gasteiger partial charge on any atom is -0.397 e. The maximum absolute atomic E-state index is 11.8. The summed E-state index contributed by atoms with van der Waals surface area (Å²) in [5.74, 6) is 1.45. The lowest BCUT2D eigenvalue weighted by Crippen LogP contribution is -2.23. The van der Waals surface area contributed by atoms with Crippen molar-refractivity contribution in [3.63, 3.8) is 0 Å². The number of sulfonamides is 1. The Balaban J connectivity index is 2.26. The molecule has 0 aromatic heterocycles. The van der Waals surface area contributed by atoms with Crippen LogP contribution in [-0.2, 0) is 10.0 Å². The maximum Gasteiger partial charge on any atom is 0.240 e. The molecule has 1 aromatic carbocycles. The molecule has 0 spiro atoms. The van der Waals surface area contributed by atoms with Gasteiger partial charge in [0.15, 0.2) is 0 Å². The number of nitrogens with zero attached hydrogens (tertiary/aromatic N) is 1. The molecule has 1 aliphatic carbocycles. The summed E-state index contributed by atoms with van der Waals surface area (Å²) in [7, 11) is -0.0722. The second kappa shape index (κ2) is 5.02. The maximum atomic E-state index is 11.8. The highest BCUT2D eigenvalue weighted by Crippen LogP contribution is 2.39. The lowest BCUT2D eigenvalue weighted by Gasteiger charge is -2.22. The van der Waals surface area contributed by atoms with Gasteiger partial charge in [0.05, 0.1) is 16.3 Å². The van der Waals surface area contributed by atoms with Gasteiger partial charge in [-0.1, -0.05) is 6.92 Å². The molecule has 1 aliphatic rings. The van der Waals surface area contributed by atoms with Crippen molar-refractivity contribution in [2.45, 2.75) is 18.2 Å². The highest BCUT2D eigenvalue weighted by molar-refractivity contribution is 7.89. The van der Waals surface area contributed by atoms with Crippen LogP contribution in [0.15, 0.2) is 23.1 Å². The number of hydrogen-bond acceptors (Lipinski definition) is 4. The largest absolute Gasteiger partial charge is 0.397 e. The van der Waals surface area contributed by atoms with E-state index in [2.05, 4.69) is 11.6 Å². The summed E-state index contributed by atoms with van der Waals surface area (Å²) in [6, 6.07) is 4.80. The molecular weight excluding hydrogens is 262 g/mol. The normalized spacial score (nSPS) is 22.3. The predicted octanol–water partition coefficient (Wildman–Crippen LogP) is 1.27. The lowest BCUT2D eigenvalue weighted by molar-refractivity contribution is 0.588. The van der Waals surface area contributed by atoms with Crippen LogP contribution >= 0.6 is 0 Å². The fraction of sp³-hybridized carbons (Fsp3) is 0.538. The number of nitrogen functional groups attached to an aromatic ring is 1. The summed E-state index contributed by atoms with van der Waals surface area (Å²) >= 11 is 0. The van der Waals surface area contributed by atoms with Gasteiger partial charge in [-0.2, -0.15) is 0 Å². The van der Waals surface area contributed by atoms with Gasteiger partial charge in [-0.05, 0) is 43.5 Å². The van der Waals surface area contributed by atoms with Crippen molar-refractivity contribution in [3.05, 3.63) is 18.2 Å². The molecule has 1 aromatic rings. The van der Waals surface area contributed by atoms with Crippen molar-refractivity contribution < 1.29 is 8.42 Å². The van der Waals surface area contributed by atoms with Gasteiger partial charge in [0, 0.05) is 13.6 Å².